The van der Waals surface area contributed by atoms with Gasteiger partial charge < -0.3 is 10.1 Å². The average molecular weight is 260 g/mol. The SMILES string of the molecule is COC(=O)NCCSCc1ccccc1Cl. The third kappa shape index (κ3) is 4.77. The molecule has 0 heterocycles. The first-order chi connectivity index (χ1) is 7.74. The van der Waals surface area contributed by atoms with Gasteiger partial charge in [-0.1, -0.05) is 29.8 Å². The molecule has 16 heavy (non-hydrogen) atoms. The van der Waals surface area contributed by atoms with Crippen molar-refractivity contribution in [2.45, 2.75) is 5.75 Å². The molecule has 0 unspecified atom stereocenters. The van der Waals surface area contributed by atoms with Crippen LogP contribution in [0.2, 0.25) is 5.02 Å². The zero-order valence-corrected chi connectivity index (χ0v) is 10.6. The van der Waals surface area contributed by atoms with E-state index in [4.69, 9.17) is 11.6 Å². The smallest absolute Gasteiger partial charge is 0.406 e. The van der Waals surface area contributed by atoms with E-state index in [2.05, 4.69) is 10.1 Å². The summed E-state index contributed by atoms with van der Waals surface area (Å²) in [7, 11) is 1.35. The molecular weight excluding hydrogens is 246 g/mol. The standard InChI is InChI=1S/C11H14ClNO2S/c1-15-11(14)13-6-7-16-8-9-4-2-3-5-10(9)12/h2-5H,6-8H2,1H3,(H,13,14). The zero-order valence-electron chi connectivity index (χ0n) is 9.03. The Bertz CT molecular complexity index is 347. The molecule has 0 saturated carbocycles. The molecule has 0 spiro atoms. The molecule has 0 aliphatic rings. The molecule has 0 fully saturated rings. The first-order valence-corrected chi connectivity index (χ1v) is 6.40. The fourth-order valence-electron chi connectivity index (χ4n) is 1.10. The van der Waals surface area contributed by atoms with Gasteiger partial charge in [0, 0.05) is 23.1 Å². The lowest BCUT2D eigenvalue weighted by Crippen LogP contribution is -2.25. The minimum Gasteiger partial charge on any atom is -0.453 e. The van der Waals surface area contributed by atoms with Crippen LogP contribution in [0, 0.1) is 0 Å². The van der Waals surface area contributed by atoms with Gasteiger partial charge in [0.2, 0.25) is 0 Å². The van der Waals surface area contributed by atoms with Crippen LogP contribution >= 0.6 is 23.4 Å². The van der Waals surface area contributed by atoms with Crippen molar-refractivity contribution in [2.24, 2.45) is 0 Å². The molecule has 0 atom stereocenters. The van der Waals surface area contributed by atoms with Gasteiger partial charge in [-0.2, -0.15) is 11.8 Å². The van der Waals surface area contributed by atoms with Crippen LogP contribution in [0.5, 0.6) is 0 Å². The second-order valence-electron chi connectivity index (χ2n) is 3.06. The Labute approximate surface area is 105 Å². The quantitative estimate of drug-likeness (QED) is 0.827. The van der Waals surface area contributed by atoms with Gasteiger partial charge in [0.1, 0.15) is 0 Å². The lowest BCUT2D eigenvalue weighted by Gasteiger charge is -2.05. The van der Waals surface area contributed by atoms with Crippen molar-refractivity contribution in [2.75, 3.05) is 19.4 Å². The van der Waals surface area contributed by atoms with E-state index in [1.807, 2.05) is 24.3 Å². The van der Waals surface area contributed by atoms with Crippen molar-refractivity contribution in [3.63, 3.8) is 0 Å². The van der Waals surface area contributed by atoms with Crippen molar-refractivity contribution < 1.29 is 9.53 Å². The van der Waals surface area contributed by atoms with Crippen molar-refractivity contribution >= 4 is 29.5 Å². The Morgan fingerprint density at radius 2 is 2.25 bits per heavy atom. The summed E-state index contributed by atoms with van der Waals surface area (Å²) < 4.78 is 4.45. The summed E-state index contributed by atoms with van der Waals surface area (Å²) in [6.45, 7) is 0.599. The Morgan fingerprint density at radius 3 is 2.94 bits per heavy atom. The number of nitrogens with one attached hydrogen (secondary N) is 1. The monoisotopic (exact) mass is 259 g/mol. The molecule has 0 bridgehead atoms. The highest BCUT2D eigenvalue weighted by Gasteiger charge is 2.00. The number of hydrogen-bond donors (Lipinski definition) is 1. The van der Waals surface area contributed by atoms with Crippen LogP contribution in [-0.2, 0) is 10.5 Å². The number of halogens is 1. The lowest BCUT2D eigenvalue weighted by molar-refractivity contribution is 0.172. The fraction of sp³-hybridized carbons (Fsp3) is 0.364. The molecule has 5 heteroatoms. The van der Waals surface area contributed by atoms with E-state index in [1.165, 1.54) is 7.11 Å². The van der Waals surface area contributed by atoms with Gasteiger partial charge in [0.25, 0.3) is 0 Å². The van der Waals surface area contributed by atoms with E-state index in [0.29, 0.717) is 6.54 Å². The number of carbonyl (C=O) groups excluding carboxylic acids is 1. The molecule has 0 aromatic heterocycles. The van der Waals surface area contributed by atoms with Crippen LogP contribution < -0.4 is 5.32 Å². The summed E-state index contributed by atoms with van der Waals surface area (Å²) in [5, 5.41) is 3.41. The van der Waals surface area contributed by atoms with Crippen molar-refractivity contribution in [1.29, 1.82) is 0 Å². The molecule has 0 aliphatic carbocycles. The van der Waals surface area contributed by atoms with E-state index in [1.54, 1.807) is 11.8 Å². The van der Waals surface area contributed by atoms with Crippen LogP contribution in [0.4, 0.5) is 4.79 Å². The van der Waals surface area contributed by atoms with Gasteiger partial charge >= 0.3 is 6.09 Å². The number of benzene rings is 1. The fourth-order valence-corrected chi connectivity index (χ4v) is 2.24. The number of carbonyl (C=O) groups is 1. The summed E-state index contributed by atoms with van der Waals surface area (Å²) in [6.07, 6.45) is -0.390. The topological polar surface area (TPSA) is 38.3 Å². The number of rotatable bonds is 5. The lowest BCUT2D eigenvalue weighted by atomic mass is 10.2. The Kier molecular flexibility index (Phi) is 6.11. The van der Waals surface area contributed by atoms with E-state index in [-0.39, 0.29) is 0 Å². The molecule has 0 aliphatic heterocycles. The predicted molar refractivity (Wildman–Crippen MR) is 68.0 cm³/mol. The number of methoxy groups -OCH3 is 1. The van der Waals surface area contributed by atoms with Crippen LogP contribution in [0.1, 0.15) is 5.56 Å². The van der Waals surface area contributed by atoms with Gasteiger partial charge in [0.15, 0.2) is 0 Å². The Hall–Kier alpha value is -0.870. The van der Waals surface area contributed by atoms with Crippen LogP contribution in [0.3, 0.4) is 0 Å². The molecule has 0 saturated heterocycles. The number of amides is 1. The van der Waals surface area contributed by atoms with Gasteiger partial charge in [-0.05, 0) is 11.6 Å². The van der Waals surface area contributed by atoms with E-state index >= 15 is 0 Å². The zero-order chi connectivity index (χ0) is 11.8. The second kappa shape index (κ2) is 7.41. The van der Waals surface area contributed by atoms with Crippen molar-refractivity contribution in [1.82, 2.24) is 5.32 Å². The second-order valence-corrected chi connectivity index (χ2v) is 4.57. The molecule has 1 aromatic carbocycles. The maximum Gasteiger partial charge on any atom is 0.406 e. The van der Waals surface area contributed by atoms with E-state index < -0.39 is 6.09 Å². The molecule has 3 nitrogen and oxygen atoms in total. The highest BCUT2D eigenvalue weighted by Crippen LogP contribution is 2.20. The third-order valence-electron chi connectivity index (χ3n) is 1.92. The maximum atomic E-state index is 10.7. The van der Waals surface area contributed by atoms with Crippen molar-refractivity contribution in [3.05, 3.63) is 34.9 Å². The normalized spacial score (nSPS) is 9.88. The van der Waals surface area contributed by atoms with Gasteiger partial charge in [-0.15, -0.1) is 0 Å². The number of hydrogen-bond acceptors (Lipinski definition) is 3. The minimum absolute atomic E-state index is 0.390. The molecule has 1 rings (SSSR count). The van der Waals surface area contributed by atoms with Crippen LogP contribution in [0.15, 0.2) is 24.3 Å². The predicted octanol–water partition coefficient (Wildman–Crippen LogP) is 2.93. The number of alkyl carbamates (subject to hydrolysis) is 1. The van der Waals surface area contributed by atoms with Crippen LogP contribution in [0.25, 0.3) is 0 Å². The molecule has 0 radical (unpaired) electrons. The largest absolute Gasteiger partial charge is 0.453 e. The molecular formula is C11H14ClNO2S. The first-order valence-electron chi connectivity index (χ1n) is 4.87. The summed E-state index contributed by atoms with van der Waals surface area (Å²) in [6, 6.07) is 7.76. The van der Waals surface area contributed by atoms with Gasteiger partial charge in [0.05, 0.1) is 7.11 Å². The van der Waals surface area contributed by atoms with E-state index in [9.17, 15) is 4.79 Å². The molecule has 88 valence electrons. The van der Waals surface area contributed by atoms with E-state index in [0.717, 1.165) is 22.1 Å². The summed E-state index contributed by atoms with van der Waals surface area (Å²) in [5.41, 5.74) is 1.12. The Balaban J connectivity index is 2.17. The highest BCUT2D eigenvalue weighted by molar-refractivity contribution is 7.98. The number of ether oxygens (including phenoxy) is 1. The number of thioether (sulfide) groups is 1. The van der Waals surface area contributed by atoms with Crippen LogP contribution in [-0.4, -0.2) is 25.5 Å². The first kappa shape index (κ1) is 13.2. The summed E-state index contributed by atoms with van der Waals surface area (Å²) in [4.78, 5) is 10.7. The highest BCUT2D eigenvalue weighted by atomic mass is 35.5. The maximum absolute atomic E-state index is 10.7. The molecule has 1 aromatic rings. The summed E-state index contributed by atoms with van der Waals surface area (Å²) >= 11 is 7.73. The third-order valence-corrected chi connectivity index (χ3v) is 3.29. The van der Waals surface area contributed by atoms with Crippen molar-refractivity contribution in [3.8, 4) is 0 Å². The summed E-state index contributed by atoms with van der Waals surface area (Å²) in [5.74, 6) is 1.68. The van der Waals surface area contributed by atoms with Gasteiger partial charge in [-0.25, -0.2) is 4.79 Å². The Morgan fingerprint density at radius 1 is 1.50 bits per heavy atom. The molecule has 1 N–H and O–H groups in total. The minimum atomic E-state index is -0.390. The van der Waals surface area contributed by atoms with Gasteiger partial charge in [-0.3, -0.25) is 0 Å². The average Bonchev–Trinajstić information content (AvgIpc) is 2.30. The molecule has 1 amide bonds.